The van der Waals surface area contributed by atoms with E-state index in [9.17, 15) is 0 Å². The number of nitrogens with zero attached hydrogens (tertiary/aromatic N) is 2. The minimum atomic E-state index is 0.338. The SMILES string of the molecule is Cc1nc2sccn2c1CN[C@@H](C)c1ccccc1. The molecule has 3 aromatic rings. The number of fused-ring (bicyclic) bond motifs is 1. The van der Waals surface area contributed by atoms with Crippen molar-refractivity contribution >= 4 is 16.3 Å². The summed E-state index contributed by atoms with van der Waals surface area (Å²) in [5, 5.41) is 5.64. The number of thiazole rings is 1. The molecule has 4 heteroatoms. The summed E-state index contributed by atoms with van der Waals surface area (Å²) in [6, 6.07) is 10.8. The van der Waals surface area contributed by atoms with Gasteiger partial charge in [-0.1, -0.05) is 30.3 Å². The second-order valence-corrected chi connectivity index (χ2v) is 5.59. The molecular weight excluding hydrogens is 254 g/mol. The molecule has 19 heavy (non-hydrogen) atoms. The summed E-state index contributed by atoms with van der Waals surface area (Å²) in [5.74, 6) is 0. The molecule has 0 spiro atoms. The average molecular weight is 271 g/mol. The van der Waals surface area contributed by atoms with Crippen molar-refractivity contribution in [3.8, 4) is 0 Å². The Balaban J connectivity index is 1.76. The van der Waals surface area contributed by atoms with Gasteiger partial charge in [-0.25, -0.2) is 4.98 Å². The molecule has 0 saturated carbocycles. The van der Waals surface area contributed by atoms with Gasteiger partial charge in [-0.15, -0.1) is 11.3 Å². The average Bonchev–Trinajstić information content (AvgIpc) is 2.98. The predicted molar refractivity (Wildman–Crippen MR) is 79.5 cm³/mol. The van der Waals surface area contributed by atoms with Gasteiger partial charge in [0.25, 0.3) is 0 Å². The second-order valence-electron chi connectivity index (χ2n) is 4.71. The first kappa shape index (κ1) is 12.4. The van der Waals surface area contributed by atoms with Crippen molar-refractivity contribution in [2.75, 3.05) is 0 Å². The molecule has 0 bridgehead atoms. The van der Waals surface area contributed by atoms with E-state index in [0.29, 0.717) is 6.04 Å². The van der Waals surface area contributed by atoms with Gasteiger partial charge >= 0.3 is 0 Å². The van der Waals surface area contributed by atoms with Crippen LogP contribution in [-0.2, 0) is 6.54 Å². The summed E-state index contributed by atoms with van der Waals surface area (Å²) in [7, 11) is 0. The Morgan fingerprint density at radius 3 is 2.89 bits per heavy atom. The molecule has 98 valence electrons. The van der Waals surface area contributed by atoms with Gasteiger partial charge in [0, 0.05) is 24.2 Å². The van der Waals surface area contributed by atoms with Crippen molar-refractivity contribution in [1.29, 1.82) is 0 Å². The minimum Gasteiger partial charge on any atom is -0.305 e. The van der Waals surface area contributed by atoms with Gasteiger partial charge in [-0.2, -0.15) is 0 Å². The quantitative estimate of drug-likeness (QED) is 0.786. The lowest BCUT2D eigenvalue weighted by atomic mass is 10.1. The first-order valence-corrected chi connectivity index (χ1v) is 7.33. The van der Waals surface area contributed by atoms with Crippen molar-refractivity contribution < 1.29 is 0 Å². The Morgan fingerprint density at radius 1 is 1.32 bits per heavy atom. The molecule has 0 saturated heterocycles. The largest absolute Gasteiger partial charge is 0.305 e. The normalized spacial score (nSPS) is 12.9. The van der Waals surface area contributed by atoms with Gasteiger partial charge in [0.1, 0.15) is 0 Å². The number of aromatic nitrogens is 2. The fraction of sp³-hybridized carbons (Fsp3) is 0.267. The van der Waals surface area contributed by atoms with Gasteiger partial charge in [0.15, 0.2) is 4.96 Å². The van der Waals surface area contributed by atoms with Crippen molar-refractivity contribution in [2.45, 2.75) is 26.4 Å². The summed E-state index contributed by atoms with van der Waals surface area (Å²) in [6.45, 7) is 5.10. The summed E-state index contributed by atoms with van der Waals surface area (Å²) in [6.07, 6.45) is 2.09. The van der Waals surface area contributed by atoms with E-state index in [4.69, 9.17) is 0 Å². The highest BCUT2D eigenvalue weighted by atomic mass is 32.1. The molecule has 1 atom stereocenters. The fourth-order valence-corrected chi connectivity index (χ4v) is 3.04. The number of aryl methyl sites for hydroxylation is 1. The molecule has 0 amide bonds. The molecule has 3 nitrogen and oxygen atoms in total. The Morgan fingerprint density at radius 2 is 2.11 bits per heavy atom. The Hall–Kier alpha value is -1.65. The third kappa shape index (κ3) is 2.41. The molecule has 0 aliphatic heterocycles. The molecule has 0 fully saturated rings. The molecule has 2 aromatic heterocycles. The van der Waals surface area contributed by atoms with Crippen LogP contribution in [0, 0.1) is 6.92 Å². The van der Waals surface area contributed by atoms with Crippen molar-refractivity contribution in [1.82, 2.24) is 14.7 Å². The van der Waals surface area contributed by atoms with E-state index >= 15 is 0 Å². The summed E-state index contributed by atoms with van der Waals surface area (Å²) < 4.78 is 2.17. The summed E-state index contributed by atoms with van der Waals surface area (Å²) >= 11 is 1.68. The third-order valence-corrected chi connectivity index (χ3v) is 4.19. The van der Waals surface area contributed by atoms with Gasteiger partial charge < -0.3 is 5.32 Å². The Bertz CT molecular complexity index is 669. The van der Waals surface area contributed by atoms with Crippen LogP contribution in [0.1, 0.15) is 29.9 Å². The van der Waals surface area contributed by atoms with E-state index in [1.807, 2.05) is 6.07 Å². The van der Waals surface area contributed by atoms with Gasteiger partial charge in [0.05, 0.1) is 11.4 Å². The minimum absolute atomic E-state index is 0.338. The molecule has 0 unspecified atom stereocenters. The highest BCUT2D eigenvalue weighted by Crippen LogP contribution is 2.18. The topological polar surface area (TPSA) is 29.3 Å². The van der Waals surface area contributed by atoms with Crippen LogP contribution in [0.3, 0.4) is 0 Å². The maximum atomic E-state index is 4.57. The van der Waals surface area contributed by atoms with E-state index < -0.39 is 0 Å². The molecule has 1 aromatic carbocycles. The van der Waals surface area contributed by atoms with Crippen LogP contribution in [0.25, 0.3) is 4.96 Å². The number of hydrogen-bond donors (Lipinski definition) is 1. The standard InChI is InChI=1S/C15H17N3S/c1-11(13-6-4-3-5-7-13)16-10-14-12(2)17-15-18(14)8-9-19-15/h3-9,11,16H,10H2,1-2H3/t11-/m0/s1. The van der Waals surface area contributed by atoms with Crippen LogP contribution in [0.2, 0.25) is 0 Å². The van der Waals surface area contributed by atoms with Crippen LogP contribution in [0.4, 0.5) is 0 Å². The van der Waals surface area contributed by atoms with Crippen LogP contribution >= 0.6 is 11.3 Å². The maximum absolute atomic E-state index is 4.57. The van der Waals surface area contributed by atoms with E-state index in [1.165, 1.54) is 11.3 Å². The second kappa shape index (κ2) is 5.15. The summed E-state index contributed by atoms with van der Waals surface area (Å²) in [4.78, 5) is 5.64. The van der Waals surface area contributed by atoms with Crippen molar-refractivity contribution in [3.05, 3.63) is 58.9 Å². The lowest BCUT2D eigenvalue weighted by Gasteiger charge is -2.14. The Labute approximate surface area is 116 Å². The summed E-state index contributed by atoms with van der Waals surface area (Å²) in [5.41, 5.74) is 3.67. The van der Waals surface area contributed by atoms with Gasteiger partial charge in [-0.3, -0.25) is 4.40 Å². The number of rotatable bonds is 4. The zero-order valence-corrected chi connectivity index (χ0v) is 11.9. The highest BCUT2D eigenvalue weighted by Gasteiger charge is 2.11. The monoisotopic (exact) mass is 271 g/mol. The van der Waals surface area contributed by atoms with Gasteiger partial charge in [-0.05, 0) is 19.4 Å². The van der Waals surface area contributed by atoms with Crippen LogP contribution in [0.5, 0.6) is 0 Å². The van der Waals surface area contributed by atoms with Crippen molar-refractivity contribution in [2.24, 2.45) is 0 Å². The highest BCUT2D eigenvalue weighted by molar-refractivity contribution is 7.15. The van der Waals surface area contributed by atoms with E-state index in [-0.39, 0.29) is 0 Å². The number of nitrogens with one attached hydrogen (secondary N) is 1. The third-order valence-electron chi connectivity index (χ3n) is 3.44. The van der Waals surface area contributed by atoms with Crippen LogP contribution in [-0.4, -0.2) is 9.38 Å². The number of hydrogen-bond acceptors (Lipinski definition) is 3. The first-order chi connectivity index (χ1) is 9.25. The molecule has 0 aliphatic rings. The van der Waals surface area contributed by atoms with Crippen LogP contribution < -0.4 is 5.32 Å². The lowest BCUT2D eigenvalue weighted by Crippen LogP contribution is -2.19. The first-order valence-electron chi connectivity index (χ1n) is 6.45. The maximum Gasteiger partial charge on any atom is 0.194 e. The molecule has 0 radical (unpaired) electrons. The van der Waals surface area contributed by atoms with Crippen molar-refractivity contribution in [3.63, 3.8) is 0 Å². The lowest BCUT2D eigenvalue weighted by molar-refractivity contribution is 0.564. The van der Waals surface area contributed by atoms with Gasteiger partial charge in [0.2, 0.25) is 0 Å². The zero-order valence-electron chi connectivity index (χ0n) is 11.1. The molecule has 1 N–H and O–H groups in total. The van der Waals surface area contributed by atoms with E-state index in [0.717, 1.165) is 17.2 Å². The molecular formula is C15H17N3S. The molecule has 0 aliphatic carbocycles. The number of benzene rings is 1. The van der Waals surface area contributed by atoms with Crippen LogP contribution in [0.15, 0.2) is 41.9 Å². The molecule has 3 rings (SSSR count). The predicted octanol–water partition coefficient (Wildman–Crippen LogP) is 3.56. The molecule has 2 heterocycles. The smallest absolute Gasteiger partial charge is 0.194 e. The van der Waals surface area contributed by atoms with E-state index in [1.54, 1.807) is 11.3 Å². The number of imidazole rings is 1. The Kier molecular flexibility index (Phi) is 3.36. The van der Waals surface area contributed by atoms with E-state index in [2.05, 4.69) is 64.4 Å². The zero-order chi connectivity index (χ0) is 13.2. The fourth-order valence-electron chi connectivity index (χ4n) is 2.26.